The second-order valence-electron chi connectivity index (χ2n) is 6.80. The van der Waals surface area contributed by atoms with E-state index in [1.807, 2.05) is 6.92 Å². The van der Waals surface area contributed by atoms with E-state index in [0.29, 0.717) is 0 Å². The largest absolute Gasteiger partial charge is 0.465 e. The summed E-state index contributed by atoms with van der Waals surface area (Å²) < 4.78 is 11.5. The number of methoxy groups -OCH3 is 1. The maximum Gasteiger partial charge on any atom is 0.341 e. The number of hydrogen-bond donors (Lipinski definition) is 0. The van der Waals surface area contributed by atoms with E-state index >= 15 is 0 Å². The van der Waals surface area contributed by atoms with Crippen LogP contribution in [0.5, 0.6) is 0 Å². The van der Waals surface area contributed by atoms with Crippen molar-refractivity contribution in [3.8, 4) is 0 Å². The molecule has 1 fully saturated rings. The van der Waals surface area contributed by atoms with Gasteiger partial charge >= 0.3 is 11.9 Å². The first-order valence-corrected chi connectivity index (χ1v) is 7.16. The molecule has 6 heteroatoms. The Bertz CT molecular complexity index is 677. The van der Waals surface area contributed by atoms with Crippen LogP contribution in [0.4, 0.5) is 0 Å². The second-order valence-corrected chi connectivity index (χ2v) is 6.80. The van der Waals surface area contributed by atoms with Crippen molar-refractivity contribution in [1.29, 1.82) is 0 Å². The van der Waals surface area contributed by atoms with E-state index in [1.165, 1.54) is 17.9 Å². The Labute approximate surface area is 129 Å². The maximum absolute atomic E-state index is 12.4. The number of esters is 2. The van der Waals surface area contributed by atoms with Crippen molar-refractivity contribution in [2.24, 2.45) is 0 Å². The third-order valence-corrected chi connectivity index (χ3v) is 3.63. The summed E-state index contributed by atoms with van der Waals surface area (Å²) in [5, 5.41) is 0. The molecule has 0 amide bonds. The lowest BCUT2D eigenvalue weighted by Gasteiger charge is -2.21. The molecule has 0 aliphatic heterocycles. The van der Waals surface area contributed by atoms with Gasteiger partial charge in [0.25, 0.3) is 5.56 Å². The van der Waals surface area contributed by atoms with Crippen LogP contribution in [0.2, 0.25) is 0 Å². The smallest absolute Gasteiger partial charge is 0.341 e. The number of carbonyl (C=O) groups is 2. The topological polar surface area (TPSA) is 74.6 Å². The van der Waals surface area contributed by atoms with Crippen LogP contribution in [0.3, 0.4) is 0 Å². The van der Waals surface area contributed by atoms with Crippen LogP contribution in [0.25, 0.3) is 0 Å². The van der Waals surface area contributed by atoms with Crippen LogP contribution in [0, 0.1) is 0 Å². The Balaban J connectivity index is 2.55. The first-order chi connectivity index (χ1) is 10.1. The molecule has 1 aromatic rings. The Kier molecular flexibility index (Phi) is 3.89. The first-order valence-electron chi connectivity index (χ1n) is 7.16. The molecule has 120 valence electrons. The molecular weight excluding hydrogens is 286 g/mol. The van der Waals surface area contributed by atoms with Crippen molar-refractivity contribution in [2.45, 2.75) is 51.7 Å². The summed E-state index contributed by atoms with van der Waals surface area (Å²) in [6, 6.07) is 1.15. The number of hydrogen-bond acceptors (Lipinski definition) is 5. The normalized spacial score (nSPS) is 16.0. The minimum Gasteiger partial charge on any atom is -0.465 e. The highest BCUT2D eigenvalue weighted by atomic mass is 16.6. The van der Waals surface area contributed by atoms with Gasteiger partial charge in [-0.2, -0.15) is 0 Å². The Morgan fingerprint density at radius 2 is 1.77 bits per heavy atom. The third-order valence-electron chi connectivity index (χ3n) is 3.63. The number of rotatable bonds is 3. The summed E-state index contributed by atoms with van der Waals surface area (Å²) >= 11 is 0. The summed E-state index contributed by atoms with van der Waals surface area (Å²) in [5.41, 5.74) is -1.33. The summed E-state index contributed by atoms with van der Waals surface area (Å²) in [7, 11) is 1.20. The van der Waals surface area contributed by atoms with Gasteiger partial charge in [-0.3, -0.25) is 4.79 Å². The van der Waals surface area contributed by atoms with E-state index in [0.717, 1.165) is 18.9 Å². The fourth-order valence-corrected chi connectivity index (χ4v) is 2.15. The molecule has 0 saturated heterocycles. The Morgan fingerprint density at radius 3 is 2.23 bits per heavy atom. The van der Waals surface area contributed by atoms with E-state index in [4.69, 9.17) is 4.74 Å². The molecule has 0 N–H and O–H groups in total. The Morgan fingerprint density at radius 1 is 1.18 bits per heavy atom. The van der Waals surface area contributed by atoms with Crippen LogP contribution in [0.15, 0.2) is 17.1 Å². The van der Waals surface area contributed by atoms with E-state index in [1.54, 1.807) is 20.8 Å². The molecule has 0 spiro atoms. The van der Waals surface area contributed by atoms with Crippen molar-refractivity contribution in [3.05, 3.63) is 33.7 Å². The lowest BCUT2D eigenvalue weighted by molar-refractivity contribution is 0.00640. The molecule has 0 bridgehead atoms. The number of nitrogens with zero attached hydrogens (tertiary/aromatic N) is 1. The van der Waals surface area contributed by atoms with Gasteiger partial charge in [-0.1, -0.05) is 0 Å². The fraction of sp³-hybridized carbons (Fsp3) is 0.562. The highest BCUT2D eigenvalue weighted by Crippen LogP contribution is 2.41. The van der Waals surface area contributed by atoms with Crippen molar-refractivity contribution < 1.29 is 19.1 Å². The summed E-state index contributed by atoms with van der Waals surface area (Å²) in [6.07, 6.45) is 3.13. The SMILES string of the molecule is COC(=O)c1cc(=O)n(C2(C)CC2)cc1C(=O)OC(C)(C)C. The lowest BCUT2D eigenvalue weighted by atomic mass is 10.1. The quantitative estimate of drug-likeness (QED) is 0.799. The van der Waals surface area contributed by atoms with Gasteiger partial charge in [-0.15, -0.1) is 0 Å². The van der Waals surface area contributed by atoms with E-state index in [2.05, 4.69) is 4.74 Å². The van der Waals surface area contributed by atoms with E-state index in [-0.39, 0.29) is 22.2 Å². The summed E-state index contributed by atoms with van der Waals surface area (Å²) in [5.74, 6) is -1.38. The molecule has 6 nitrogen and oxygen atoms in total. The second kappa shape index (κ2) is 5.26. The molecule has 0 atom stereocenters. The maximum atomic E-state index is 12.4. The molecule has 0 aromatic carbocycles. The third kappa shape index (κ3) is 3.21. The van der Waals surface area contributed by atoms with Gasteiger partial charge in [0.15, 0.2) is 0 Å². The van der Waals surface area contributed by atoms with Gasteiger partial charge in [0.05, 0.1) is 18.2 Å². The molecule has 1 saturated carbocycles. The van der Waals surface area contributed by atoms with E-state index < -0.39 is 17.5 Å². The van der Waals surface area contributed by atoms with Crippen LogP contribution in [-0.4, -0.2) is 29.2 Å². The van der Waals surface area contributed by atoms with Crippen LogP contribution >= 0.6 is 0 Å². The average molecular weight is 307 g/mol. The standard InChI is InChI=1S/C16H21NO5/c1-15(2,3)22-14(20)11-9-17(16(4)6-7-16)12(18)8-10(11)13(19)21-5/h8-9H,6-7H2,1-5H3. The van der Waals surface area contributed by atoms with Gasteiger partial charge in [-0.25, -0.2) is 9.59 Å². The van der Waals surface area contributed by atoms with Gasteiger partial charge in [0.2, 0.25) is 0 Å². The van der Waals surface area contributed by atoms with Gasteiger partial charge in [-0.05, 0) is 40.5 Å². The molecule has 1 aliphatic rings. The van der Waals surface area contributed by atoms with Crippen molar-refractivity contribution in [2.75, 3.05) is 7.11 Å². The van der Waals surface area contributed by atoms with E-state index in [9.17, 15) is 14.4 Å². The molecule has 2 rings (SSSR count). The molecule has 1 aromatic heterocycles. The van der Waals surface area contributed by atoms with Crippen molar-refractivity contribution in [3.63, 3.8) is 0 Å². The molecule has 22 heavy (non-hydrogen) atoms. The van der Waals surface area contributed by atoms with Crippen molar-refractivity contribution in [1.82, 2.24) is 4.57 Å². The van der Waals surface area contributed by atoms with Crippen LogP contribution < -0.4 is 5.56 Å². The van der Waals surface area contributed by atoms with Crippen LogP contribution in [-0.2, 0) is 15.0 Å². The number of carbonyl (C=O) groups excluding carboxylic acids is 2. The van der Waals surface area contributed by atoms with Gasteiger partial charge in [0.1, 0.15) is 5.60 Å². The predicted molar refractivity (Wildman–Crippen MR) is 80.1 cm³/mol. The summed E-state index contributed by atoms with van der Waals surface area (Å²) in [4.78, 5) is 36.4. The van der Waals surface area contributed by atoms with Gasteiger partial charge in [0, 0.05) is 17.8 Å². The zero-order valence-electron chi connectivity index (χ0n) is 13.6. The minimum atomic E-state index is -0.731. The highest BCUT2D eigenvalue weighted by Gasteiger charge is 2.41. The number of aromatic nitrogens is 1. The Hall–Kier alpha value is -2.11. The van der Waals surface area contributed by atoms with Crippen LogP contribution in [0.1, 0.15) is 61.3 Å². The molecule has 0 radical (unpaired) electrons. The number of pyridine rings is 1. The minimum absolute atomic E-state index is 0.0505. The van der Waals surface area contributed by atoms with Crippen molar-refractivity contribution >= 4 is 11.9 Å². The lowest BCUT2D eigenvalue weighted by Crippen LogP contribution is -2.32. The number of ether oxygens (including phenoxy) is 2. The molecule has 1 heterocycles. The fourth-order valence-electron chi connectivity index (χ4n) is 2.15. The predicted octanol–water partition coefficient (Wildman–Crippen LogP) is 2.10. The molecular formula is C16H21NO5. The first kappa shape index (κ1) is 16.3. The average Bonchev–Trinajstić information content (AvgIpc) is 3.14. The summed E-state index contributed by atoms with van der Waals surface area (Å²) in [6.45, 7) is 7.15. The zero-order valence-corrected chi connectivity index (χ0v) is 13.6. The van der Waals surface area contributed by atoms with Gasteiger partial charge < -0.3 is 14.0 Å². The molecule has 1 aliphatic carbocycles. The molecule has 0 unspecified atom stereocenters. The highest BCUT2D eigenvalue weighted by molar-refractivity contribution is 6.02. The monoisotopic (exact) mass is 307 g/mol. The zero-order chi connectivity index (χ0) is 16.7.